The number of aromatic nitrogens is 2. The topological polar surface area (TPSA) is 104 Å². The van der Waals surface area contributed by atoms with E-state index in [0.29, 0.717) is 33.8 Å². The van der Waals surface area contributed by atoms with Crippen LogP contribution in [0.5, 0.6) is 0 Å². The van der Waals surface area contributed by atoms with Gasteiger partial charge in [0.15, 0.2) is 0 Å². The smallest absolute Gasteiger partial charge is 0.255 e. The number of anilines is 1. The minimum absolute atomic E-state index is 0.0406. The van der Waals surface area contributed by atoms with Gasteiger partial charge in [0, 0.05) is 17.6 Å². The van der Waals surface area contributed by atoms with Crippen LogP contribution < -0.4 is 10.6 Å². The highest BCUT2D eigenvalue weighted by Gasteiger charge is 2.38. The van der Waals surface area contributed by atoms with Gasteiger partial charge in [-0.2, -0.15) is 5.26 Å². The van der Waals surface area contributed by atoms with Gasteiger partial charge in [-0.15, -0.1) is 0 Å². The molecule has 142 valence electrons. The van der Waals surface area contributed by atoms with Gasteiger partial charge in [-0.1, -0.05) is 0 Å². The first kappa shape index (κ1) is 17.9. The molecule has 1 saturated carbocycles. The molecule has 1 fully saturated rings. The van der Waals surface area contributed by atoms with Crippen LogP contribution in [0, 0.1) is 24.1 Å². The monoisotopic (exact) mass is 379 g/mol. The van der Waals surface area contributed by atoms with Crippen molar-refractivity contribution >= 4 is 22.8 Å². The number of nitrogens with zero attached hydrogens (tertiary/aromatic N) is 3. The summed E-state index contributed by atoms with van der Waals surface area (Å²) in [4.78, 5) is 21.3. The van der Waals surface area contributed by atoms with Crippen LogP contribution in [-0.2, 0) is 6.54 Å². The Morgan fingerprint density at radius 3 is 2.89 bits per heavy atom. The minimum atomic E-state index is -0.486. The van der Waals surface area contributed by atoms with Crippen molar-refractivity contribution < 1.29 is 13.6 Å². The first-order valence-corrected chi connectivity index (χ1v) is 8.89. The van der Waals surface area contributed by atoms with E-state index in [9.17, 15) is 9.18 Å². The van der Waals surface area contributed by atoms with E-state index in [1.807, 2.05) is 6.07 Å². The normalized spacial score (nSPS) is 14.5. The Balaban J connectivity index is 1.64. The third-order valence-corrected chi connectivity index (χ3v) is 4.93. The van der Waals surface area contributed by atoms with Gasteiger partial charge in [-0.05, 0) is 44.9 Å². The van der Waals surface area contributed by atoms with E-state index in [1.165, 1.54) is 24.5 Å². The summed E-state index contributed by atoms with van der Waals surface area (Å²) in [6.45, 7) is 3.70. The van der Waals surface area contributed by atoms with Crippen LogP contribution in [0.2, 0.25) is 0 Å². The summed E-state index contributed by atoms with van der Waals surface area (Å²) in [5.41, 5.74) is 1.16. The number of hydrogen-bond donors (Lipinski definition) is 2. The summed E-state index contributed by atoms with van der Waals surface area (Å²) in [5, 5.41) is 15.5. The van der Waals surface area contributed by atoms with Crippen molar-refractivity contribution in [3.05, 3.63) is 52.8 Å². The zero-order chi connectivity index (χ0) is 19.9. The average Bonchev–Trinajstić information content (AvgIpc) is 3.29. The SMILES string of the molecule is Cc1oc2ncnc(NC3(C)CC3)c2c1C(=O)NCc1cc(C#N)ccc1F. The molecular weight excluding hydrogens is 361 g/mol. The van der Waals surface area contributed by atoms with Crippen LogP contribution in [0.4, 0.5) is 10.2 Å². The minimum Gasteiger partial charge on any atom is -0.442 e. The summed E-state index contributed by atoms with van der Waals surface area (Å²) >= 11 is 0. The van der Waals surface area contributed by atoms with Crippen molar-refractivity contribution in [1.29, 1.82) is 5.26 Å². The molecule has 8 heteroatoms. The Labute approximate surface area is 160 Å². The molecule has 1 aliphatic rings. The Bertz CT molecular complexity index is 1130. The molecule has 2 N–H and O–H groups in total. The van der Waals surface area contributed by atoms with Crippen molar-refractivity contribution in [2.45, 2.75) is 38.8 Å². The van der Waals surface area contributed by atoms with Crippen molar-refractivity contribution in [1.82, 2.24) is 15.3 Å². The highest BCUT2D eigenvalue weighted by molar-refractivity contribution is 6.10. The molecule has 7 nitrogen and oxygen atoms in total. The molecule has 0 unspecified atom stereocenters. The second-order valence-electron chi connectivity index (χ2n) is 7.22. The Morgan fingerprint density at radius 2 is 2.18 bits per heavy atom. The summed E-state index contributed by atoms with van der Waals surface area (Å²) in [7, 11) is 0. The molecule has 0 radical (unpaired) electrons. The number of halogens is 1. The number of rotatable bonds is 5. The highest BCUT2D eigenvalue weighted by atomic mass is 19.1. The lowest BCUT2D eigenvalue weighted by Gasteiger charge is -2.13. The standard InChI is InChI=1S/C20H18FN5O2/c1-11-15(18(27)23-9-13-7-12(8-22)3-4-14(13)21)16-17(26-20(2)5-6-20)24-10-25-19(16)28-11/h3-4,7,10H,5-6,9H2,1-2H3,(H,23,27)(H,24,25,26). The predicted octanol–water partition coefficient (Wildman–Crippen LogP) is 3.44. The van der Waals surface area contributed by atoms with Crippen molar-refractivity contribution in [3.8, 4) is 6.07 Å². The molecule has 2 heterocycles. The lowest BCUT2D eigenvalue weighted by atomic mass is 10.1. The largest absolute Gasteiger partial charge is 0.442 e. The maximum Gasteiger partial charge on any atom is 0.255 e. The maximum absolute atomic E-state index is 14.0. The molecule has 0 spiro atoms. The molecule has 0 aliphatic heterocycles. The number of amides is 1. The van der Waals surface area contributed by atoms with E-state index >= 15 is 0 Å². The van der Waals surface area contributed by atoms with E-state index in [-0.39, 0.29) is 17.6 Å². The number of aryl methyl sites for hydroxylation is 1. The molecule has 0 atom stereocenters. The summed E-state index contributed by atoms with van der Waals surface area (Å²) in [6.07, 6.45) is 3.43. The number of nitriles is 1. The Hall–Kier alpha value is -3.47. The maximum atomic E-state index is 14.0. The number of nitrogens with one attached hydrogen (secondary N) is 2. The van der Waals surface area contributed by atoms with Crippen molar-refractivity contribution in [3.63, 3.8) is 0 Å². The van der Waals surface area contributed by atoms with E-state index in [4.69, 9.17) is 9.68 Å². The molecule has 0 bridgehead atoms. The second-order valence-corrected chi connectivity index (χ2v) is 7.22. The first-order chi connectivity index (χ1) is 13.4. The number of furan rings is 1. The van der Waals surface area contributed by atoms with Crippen LogP contribution in [0.1, 0.15) is 47.0 Å². The predicted molar refractivity (Wildman–Crippen MR) is 100 cm³/mol. The number of carbonyl (C=O) groups excluding carboxylic acids is 1. The van der Waals surface area contributed by atoms with E-state index in [1.54, 1.807) is 6.92 Å². The second kappa shape index (κ2) is 6.60. The van der Waals surface area contributed by atoms with E-state index < -0.39 is 11.7 Å². The first-order valence-electron chi connectivity index (χ1n) is 8.89. The molecular formula is C20H18FN5O2. The molecule has 3 aromatic rings. The van der Waals surface area contributed by atoms with Gasteiger partial charge in [-0.3, -0.25) is 4.79 Å². The molecule has 1 aliphatic carbocycles. The fourth-order valence-electron chi connectivity index (χ4n) is 3.05. The zero-order valence-electron chi connectivity index (χ0n) is 15.5. The van der Waals surface area contributed by atoms with E-state index in [0.717, 1.165) is 12.8 Å². The van der Waals surface area contributed by atoms with Gasteiger partial charge in [0.2, 0.25) is 5.71 Å². The number of carbonyl (C=O) groups is 1. The number of benzene rings is 1. The molecule has 0 saturated heterocycles. The van der Waals surface area contributed by atoms with Crippen molar-refractivity contribution in [2.75, 3.05) is 5.32 Å². The third kappa shape index (κ3) is 3.27. The van der Waals surface area contributed by atoms with Crippen molar-refractivity contribution in [2.24, 2.45) is 0 Å². The van der Waals surface area contributed by atoms with Gasteiger partial charge in [0.25, 0.3) is 5.91 Å². The molecule has 2 aromatic heterocycles. The lowest BCUT2D eigenvalue weighted by Crippen LogP contribution is -2.24. The third-order valence-electron chi connectivity index (χ3n) is 4.93. The molecule has 1 amide bonds. The average molecular weight is 379 g/mol. The number of fused-ring (bicyclic) bond motifs is 1. The Morgan fingerprint density at radius 1 is 1.39 bits per heavy atom. The quantitative estimate of drug-likeness (QED) is 0.704. The summed E-state index contributed by atoms with van der Waals surface area (Å²) in [6, 6.07) is 5.98. The summed E-state index contributed by atoms with van der Waals surface area (Å²) < 4.78 is 19.6. The van der Waals surface area contributed by atoms with E-state index in [2.05, 4.69) is 27.5 Å². The van der Waals surface area contributed by atoms with Gasteiger partial charge in [0.1, 0.15) is 23.7 Å². The van der Waals surface area contributed by atoms with Gasteiger partial charge in [-0.25, -0.2) is 14.4 Å². The fourth-order valence-corrected chi connectivity index (χ4v) is 3.05. The van der Waals surface area contributed by atoms with Gasteiger partial charge < -0.3 is 15.1 Å². The fraction of sp³-hybridized carbons (Fsp3) is 0.300. The molecule has 28 heavy (non-hydrogen) atoms. The molecule has 1 aromatic carbocycles. The highest BCUT2D eigenvalue weighted by Crippen LogP contribution is 2.40. The number of hydrogen-bond acceptors (Lipinski definition) is 6. The van der Waals surface area contributed by atoms with Crippen LogP contribution >= 0.6 is 0 Å². The van der Waals surface area contributed by atoms with Crippen LogP contribution in [-0.4, -0.2) is 21.4 Å². The van der Waals surface area contributed by atoms with Gasteiger partial charge in [0.05, 0.1) is 22.6 Å². The molecule has 4 rings (SSSR count). The zero-order valence-corrected chi connectivity index (χ0v) is 15.5. The summed E-state index contributed by atoms with van der Waals surface area (Å²) in [5.74, 6) is 0.0464. The lowest BCUT2D eigenvalue weighted by molar-refractivity contribution is 0.0950. The Kier molecular flexibility index (Phi) is 4.23. The van der Waals surface area contributed by atoms with Crippen LogP contribution in [0.25, 0.3) is 11.1 Å². The van der Waals surface area contributed by atoms with Crippen LogP contribution in [0.15, 0.2) is 28.9 Å². The van der Waals surface area contributed by atoms with Crippen LogP contribution in [0.3, 0.4) is 0 Å². The van der Waals surface area contributed by atoms with Gasteiger partial charge >= 0.3 is 0 Å².